The second-order valence-electron chi connectivity index (χ2n) is 4.53. The maximum absolute atomic E-state index is 11.2. The van der Waals surface area contributed by atoms with E-state index in [2.05, 4.69) is 10.1 Å². The van der Waals surface area contributed by atoms with Crippen molar-refractivity contribution in [1.29, 1.82) is 0 Å². The fraction of sp³-hybridized carbons (Fsp3) is 0.333. The number of aromatic nitrogens is 2. The Morgan fingerprint density at radius 2 is 2.40 bits per heavy atom. The molecule has 0 saturated carbocycles. The molecule has 7 nitrogen and oxygen atoms in total. The molecule has 0 amide bonds. The Morgan fingerprint density at radius 1 is 1.55 bits per heavy atom. The van der Waals surface area contributed by atoms with E-state index < -0.39 is 4.92 Å². The molecule has 1 aliphatic rings. The smallest absolute Gasteiger partial charge is 0.313 e. The number of nitrogens with zero attached hydrogens (tertiary/aromatic N) is 4. The van der Waals surface area contributed by atoms with Crippen LogP contribution in [0, 0.1) is 10.1 Å². The molecule has 0 aliphatic carbocycles. The Bertz CT molecular complexity index is 632. The first-order valence-corrected chi connectivity index (χ1v) is 6.51. The average Bonchev–Trinajstić information content (AvgIpc) is 3.09. The fourth-order valence-corrected chi connectivity index (χ4v) is 2.65. The average molecular weight is 295 g/mol. The molecule has 20 heavy (non-hydrogen) atoms. The van der Waals surface area contributed by atoms with Crippen molar-refractivity contribution in [2.24, 2.45) is 0 Å². The molecular formula is C12H11ClN4O3. The Balaban J connectivity index is 2.02. The lowest BCUT2D eigenvalue weighted by Crippen LogP contribution is -2.24. The molecular weight excluding hydrogens is 284 g/mol. The first kappa shape index (κ1) is 12.9. The predicted octanol–water partition coefficient (Wildman–Crippen LogP) is 2.97. The first-order chi connectivity index (χ1) is 9.66. The molecule has 0 unspecified atom stereocenters. The molecule has 0 spiro atoms. The van der Waals surface area contributed by atoms with Crippen LogP contribution in [0.2, 0.25) is 5.02 Å². The largest absolute Gasteiger partial charge is 0.364 e. The number of hydrogen-bond acceptors (Lipinski definition) is 6. The lowest BCUT2D eigenvalue weighted by Gasteiger charge is -2.23. The second-order valence-corrected chi connectivity index (χ2v) is 4.97. The standard InChI is InChI=1S/C12H11ClN4O3/c13-8-6-11(17(18)19)12(14-7-8)16-4-1-2-10(16)9-3-5-20-15-9/h3,5-7,10H,1-2,4H2/t10-/m1/s1. The molecule has 2 aromatic heterocycles. The van der Waals surface area contributed by atoms with Crippen LogP contribution >= 0.6 is 11.6 Å². The lowest BCUT2D eigenvalue weighted by atomic mass is 10.1. The summed E-state index contributed by atoms with van der Waals surface area (Å²) < 4.78 is 4.86. The molecule has 104 valence electrons. The van der Waals surface area contributed by atoms with Gasteiger partial charge in [-0.2, -0.15) is 0 Å². The summed E-state index contributed by atoms with van der Waals surface area (Å²) >= 11 is 5.79. The summed E-state index contributed by atoms with van der Waals surface area (Å²) in [5.74, 6) is 0.324. The third-order valence-electron chi connectivity index (χ3n) is 3.33. The van der Waals surface area contributed by atoms with Gasteiger partial charge in [-0.15, -0.1) is 0 Å². The van der Waals surface area contributed by atoms with Gasteiger partial charge in [0.05, 0.1) is 16.0 Å². The van der Waals surface area contributed by atoms with Crippen molar-refractivity contribution in [2.75, 3.05) is 11.4 Å². The number of anilines is 1. The molecule has 1 fully saturated rings. The number of rotatable bonds is 3. The van der Waals surface area contributed by atoms with Crippen LogP contribution in [-0.4, -0.2) is 21.6 Å². The van der Waals surface area contributed by atoms with Gasteiger partial charge in [-0.1, -0.05) is 16.8 Å². The summed E-state index contributed by atoms with van der Waals surface area (Å²) in [6.07, 6.45) is 4.69. The topological polar surface area (TPSA) is 85.3 Å². The number of nitro groups is 1. The van der Waals surface area contributed by atoms with Crippen LogP contribution in [0.25, 0.3) is 0 Å². The molecule has 0 bridgehead atoms. The maximum atomic E-state index is 11.2. The monoisotopic (exact) mass is 294 g/mol. The number of hydrogen-bond donors (Lipinski definition) is 0. The van der Waals surface area contributed by atoms with Gasteiger partial charge in [-0.3, -0.25) is 10.1 Å². The van der Waals surface area contributed by atoms with Crippen molar-refractivity contribution < 1.29 is 9.45 Å². The minimum atomic E-state index is -0.466. The van der Waals surface area contributed by atoms with E-state index in [1.807, 2.05) is 4.90 Å². The molecule has 1 aliphatic heterocycles. The summed E-state index contributed by atoms with van der Waals surface area (Å²) in [5.41, 5.74) is 0.668. The summed E-state index contributed by atoms with van der Waals surface area (Å²) in [6.45, 7) is 0.687. The predicted molar refractivity (Wildman–Crippen MR) is 71.7 cm³/mol. The number of pyridine rings is 1. The van der Waals surface area contributed by atoms with Gasteiger partial charge in [0.25, 0.3) is 0 Å². The fourth-order valence-electron chi connectivity index (χ4n) is 2.50. The van der Waals surface area contributed by atoms with Crippen molar-refractivity contribution in [1.82, 2.24) is 10.1 Å². The highest BCUT2D eigenvalue weighted by Crippen LogP contribution is 2.39. The third kappa shape index (κ3) is 2.20. The van der Waals surface area contributed by atoms with Crippen LogP contribution in [0.4, 0.5) is 11.5 Å². The highest BCUT2D eigenvalue weighted by atomic mass is 35.5. The van der Waals surface area contributed by atoms with Crippen LogP contribution in [0.5, 0.6) is 0 Å². The molecule has 3 rings (SSSR count). The molecule has 0 aromatic carbocycles. The Morgan fingerprint density at radius 3 is 3.10 bits per heavy atom. The van der Waals surface area contributed by atoms with Crippen molar-refractivity contribution in [2.45, 2.75) is 18.9 Å². The first-order valence-electron chi connectivity index (χ1n) is 6.13. The van der Waals surface area contributed by atoms with Gasteiger partial charge < -0.3 is 9.42 Å². The summed E-state index contributed by atoms with van der Waals surface area (Å²) in [5, 5.41) is 15.3. The zero-order chi connectivity index (χ0) is 14.1. The van der Waals surface area contributed by atoms with Gasteiger partial charge in [0, 0.05) is 24.9 Å². The van der Waals surface area contributed by atoms with Gasteiger partial charge >= 0.3 is 5.69 Å². The Hall–Kier alpha value is -2.15. The Labute approximate surface area is 119 Å². The van der Waals surface area contributed by atoms with Crippen molar-refractivity contribution in [3.8, 4) is 0 Å². The SMILES string of the molecule is O=[N+]([O-])c1cc(Cl)cnc1N1CCC[C@@H]1c1ccon1. The van der Waals surface area contributed by atoms with E-state index >= 15 is 0 Å². The highest BCUT2D eigenvalue weighted by molar-refractivity contribution is 6.30. The van der Waals surface area contributed by atoms with Gasteiger partial charge in [0.2, 0.25) is 5.82 Å². The minimum absolute atomic E-state index is 0.0545. The molecule has 2 aromatic rings. The van der Waals surface area contributed by atoms with E-state index in [1.54, 1.807) is 6.07 Å². The van der Waals surface area contributed by atoms with Crippen molar-refractivity contribution in [3.05, 3.63) is 45.4 Å². The van der Waals surface area contributed by atoms with Crippen LogP contribution in [0.1, 0.15) is 24.6 Å². The molecule has 8 heteroatoms. The van der Waals surface area contributed by atoms with E-state index in [4.69, 9.17) is 16.1 Å². The zero-order valence-electron chi connectivity index (χ0n) is 10.4. The van der Waals surface area contributed by atoms with Gasteiger partial charge in [0.15, 0.2) is 0 Å². The van der Waals surface area contributed by atoms with Crippen LogP contribution in [-0.2, 0) is 0 Å². The van der Waals surface area contributed by atoms with E-state index in [1.165, 1.54) is 18.5 Å². The Kier molecular flexibility index (Phi) is 3.27. The maximum Gasteiger partial charge on any atom is 0.313 e. The molecule has 3 heterocycles. The van der Waals surface area contributed by atoms with Gasteiger partial charge in [-0.05, 0) is 12.8 Å². The highest BCUT2D eigenvalue weighted by Gasteiger charge is 2.33. The molecule has 0 radical (unpaired) electrons. The van der Waals surface area contributed by atoms with E-state index in [0.29, 0.717) is 12.4 Å². The minimum Gasteiger partial charge on any atom is -0.364 e. The van der Waals surface area contributed by atoms with E-state index in [9.17, 15) is 10.1 Å². The van der Waals surface area contributed by atoms with Crippen LogP contribution < -0.4 is 4.90 Å². The van der Waals surface area contributed by atoms with Crippen LogP contribution in [0.15, 0.2) is 29.1 Å². The van der Waals surface area contributed by atoms with E-state index in [0.717, 1.165) is 18.5 Å². The summed E-state index contributed by atoms with van der Waals surface area (Å²) in [4.78, 5) is 16.7. The van der Waals surface area contributed by atoms with Crippen molar-refractivity contribution in [3.63, 3.8) is 0 Å². The third-order valence-corrected chi connectivity index (χ3v) is 3.54. The molecule has 1 saturated heterocycles. The quantitative estimate of drug-likeness (QED) is 0.639. The molecule has 0 N–H and O–H groups in total. The van der Waals surface area contributed by atoms with Crippen molar-refractivity contribution >= 4 is 23.1 Å². The second kappa shape index (κ2) is 5.09. The lowest BCUT2D eigenvalue weighted by molar-refractivity contribution is -0.384. The zero-order valence-corrected chi connectivity index (χ0v) is 11.2. The van der Waals surface area contributed by atoms with E-state index in [-0.39, 0.29) is 16.8 Å². The van der Waals surface area contributed by atoms with Gasteiger partial charge in [-0.25, -0.2) is 4.98 Å². The summed E-state index contributed by atoms with van der Waals surface area (Å²) in [6, 6.07) is 3.04. The summed E-state index contributed by atoms with van der Waals surface area (Å²) in [7, 11) is 0. The van der Waals surface area contributed by atoms with Gasteiger partial charge in [0.1, 0.15) is 12.0 Å². The molecule has 1 atom stereocenters. The normalized spacial score (nSPS) is 18.4. The van der Waals surface area contributed by atoms with Crippen LogP contribution in [0.3, 0.4) is 0 Å². The number of halogens is 1.